The molecule has 0 spiro atoms. The Kier molecular flexibility index (Phi) is 3.77. The summed E-state index contributed by atoms with van der Waals surface area (Å²) in [6, 6.07) is 4.59. The van der Waals surface area contributed by atoms with E-state index >= 15 is 0 Å². The van der Waals surface area contributed by atoms with Gasteiger partial charge in [0, 0.05) is 6.04 Å². The summed E-state index contributed by atoms with van der Waals surface area (Å²) in [5, 5.41) is 3.44. The number of hydrogen-bond donors (Lipinski definition) is 1. The third-order valence-corrected chi connectivity index (χ3v) is 3.59. The van der Waals surface area contributed by atoms with Gasteiger partial charge in [-0.25, -0.2) is 8.78 Å². The molecule has 2 rings (SSSR count). The first-order chi connectivity index (χ1) is 8.11. The van der Waals surface area contributed by atoms with Crippen molar-refractivity contribution in [3.63, 3.8) is 0 Å². The lowest BCUT2D eigenvalue weighted by Crippen LogP contribution is -2.33. The van der Waals surface area contributed by atoms with Crippen LogP contribution in [0, 0.1) is 23.5 Å². The van der Waals surface area contributed by atoms with Gasteiger partial charge in [-0.3, -0.25) is 0 Å². The smallest absolute Gasteiger partial charge is 0.159 e. The summed E-state index contributed by atoms with van der Waals surface area (Å²) in [5.74, 6) is -0.0810. The van der Waals surface area contributed by atoms with Gasteiger partial charge < -0.3 is 5.32 Å². The number of likely N-dealkylation sites (N-methyl/N-ethyl adjacent to an activating group) is 1. The Balaban J connectivity index is 2.03. The molecule has 1 aliphatic rings. The summed E-state index contributed by atoms with van der Waals surface area (Å²) in [6.07, 6.45) is 2.02. The van der Waals surface area contributed by atoms with Gasteiger partial charge in [-0.05, 0) is 48.9 Å². The van der Waals surface area contributed by atoms with Gasteiger partial charge in [-0.15, -0.1) is 0 Å². The quantitative estimate of drug-likeness (QED) is 0.832. The second-order valence-electron chi connectivity index (χ2n) is 4.99. The first kappa shape index (κ1) is 12.5. The Morgan fingerprint density at radius 2 is 2.06 bits per heavy atom. The third kappa shape index (κ3) is 3.03. The minimum atomic E-state index is -0.770. The lowest BCUT2D eigenvalue weighted by molar-refractivity contribution is 0.451. The van der Waals surface area contributed by atoms with Crippen molar-refractivity contribution < 1.29 is 8.78 Å². The van der Waals surface area contributed by atoms with Crippen LogP contribution in [0.5, 0.6) is 0 Å². The van der Waals surface area contributed by atoms with Crippen molar-refractivity contribution in [3.05, 3.63) is 35.4 Å². The van der Waals surface area contributed by atoms with Crippen molar-refractivity contribution in [1.82, 2.24) is 5.32 Å². The molecule has 3 unspecified atom stereocenters. The maximum atomic E-state index is 13.1. The molecule has 1 N–H and O–H groups in total. The lowest BCUT2D eigenvalue weighted by Gasteiger charge is -2.18. The van der Waals surface area contributed by atoms with Crippen molar-refractivity contribution in [2.75, 3.05) is 6.54 Å². The van der Waals surface area contributed by atoms with Gasteiger partial charge in [-0.2, -0.15) is 0 Å². The molecule has 3 atom stereocenters. The molecular formula is C14H19F2N. The Hall–Kier alpha value is -0.960. The van der Waals surface area contributed by atoms with Gasteiger partial charge in [0.25, 0.3) is 0 Å². The van der Waals surface area contributed by atoms with Crippen molar-refractivity contribution in [2.24, 2.45) is 11.8 Å². The lowest BCUT2D eigenvalue weighted by atomic mass is 10.0. The third-order valence-electron chi connectivity index (χ3n) is 3.59. The first-order valence-corrected chi connectivity index (χ1v) is 6.29. The van der Waals surface area contributed by atoms with Gasteiger partial charge in [0.05, 0.1) is 0 Å². The average Bonchev–Trinajstić information content (AvgIpc) is 3.00. The van der Waals surface area contributed by atoms with Crippen LogP contribution in [0.15, 0.2) is 18.2 Å². The molecule has 0 bridgehead atoms. The molecule has 0 aliphatic heterocycles. The van der Waals surface area contributed by atoms with Crippen LogP contribution in [-0.4, -0.2) is 12.6 Å². The van der Waals surface area contributed by atoms with E-state index in [9.17, 15) is 8.78 Å². The Morgan fingerprint density at radius 1 is 1.35 bits per heavy atom. The zero-order valence-corrected chi connectivity index (χ0v) is 10.3. The molecule has 0 aromatic heterocycles. The Bertz CT molecular complexity index is 392. The predicted octanol–water partition coefficient (Wildman–Crippen LogP) is 3.14. The number of hydrogen-bond acceptors (Lipinski definition) is 1. The number of rotatable bonds is 5. The van der Waals surface area contributed by atoms with Crippen LogP contribution < -0.4 is 5.32 Å². The molecule has 0 radical (unpaired) electrons. The SMILES string of the molecule is CCNC(Cc1ccc(F)c(F)c1)C1CC1C. The predicted molar refractivity (Wildman–Crippen MR) is 64.8 cm³/mol. The molecule has 0 heterocycles. The zero-order chi connectivity index (χ0) is 12.4. The van der Waals surface area contributed by atoms with Crippen LogP contribution in [0.2, 0.25) is 0 Å². The van der Waals surface area contributed by atoms with E-state index in [0.717, 1.165) is 24.4 Å². The molecule has 0 saturated heterocycles. The molecule has 94 valence electrons. The van der Waals surface area contributed by atoms with Gasteiger partial charge in [-0.1, -0.05) is 19.9 Å². The van der Waals surface area contributed by atoms with E-state index in [-0.39, 0.29) is 0 Å². The molecule has 1 aromatic carbocycles. The standard InChI is InChI=1S/C14H19F2N/c1-3-17-14(11-6-9(11)2)8-10-4-5-12(15)13(16)7-10/h4-5,7,9,11,14,17H,3,6,8H2,1-2H3. The van der Waals surface area contributed by atoms with Crippen LogP contribution in [0.1, 0.15) is 25.8 Å². The second-order valence-corrected chi connectivity index (χ2v) is 4.99. The molecular weight excluding hydrogens is 220 g/mol. The van der Waals surface area contributed by atoms with Crippen molar-refractivity contribution in [3.8, 4) is 0 Å². The second kappa shape index (κ2) is 5.13. The minimum absolute atomic E-state index is 0.389. The fourth-order valence-electron chi connectivity index (χ4n) is 2.47. The molecule has 1 nitrogen and oxygen atoms in total. The fraction of sp³-hybridized carbons (Fsp3) is 0.571. The number of halogens is 2. The fourth-order valence-corrected chi connectivity index (χ4v) is 2.47. The number of benzene rings is 1. The highest BCUT2D eigenvalue weighted by atomic mass is 19.2. The van der Waals surface area contributed by atoms with Crippen molar-refractivity contribution >= 4 is 0 Å². The number of nitrogens with one attached hydrogen (secondary N) is 1. The van der Waals surface area contributed by atoms with Crippen LogP contribution in [0.3, 0.4) is 0 Å². The summed E-state index contributed by atoms with van der Waals surface area (Å²) in [4.78, 5) is 0. The van der Waals surface area contributed by atoms with E-state index in [2.05, 4.69) is 19.2 Å². The van der Waals surface area contributed by atoms with E-state index in [1.807, 2.05) is 0 Å². The Labute approximate surface area is 101 Å². The van der Waals surface area contributed by atoms with Gasteiger partial charge in [0.15, 0.2) is 11.6 Å². The topological polar surface area (TPSA) is 12.0 Å². The molecule has 1 saturated carbocycles. The van der Waals surface area contributed by atoms with Gasteiger partial charge in [0.1, 0.15) is 0 Å². The zero-order valence-electron chi connectivity index (χ0n) is 10.3. The maximum absolute atomic E-state index is 13.1. The largest absolute Gasteiger partial charge is 0.314 e. The van der Waals surface area contributed by atoms with Crippen molar-refractivity contribution in [1.29, 1.82) is 0 Å². The van der Waals surface area contributed by atoms with Crippen LogP contribution >= 0.6 is 0 Å². The van der Waals surface area contributed by atoms with Crippen LogP contribution in [0.25, 0.3) is 0 Å². The summed E-state index contributed by atoms with van der Waals surface area (Å²) in [5.41, 5.74) is 0.869. The summed E-state index contributed by atoms with van der Waals surface area (Å²) >= 11 is 0. The maximum Gasteiger partial charge on any atom is 0.159 e. The first-order valence-electron chi connectivity index (χ1n) is 6.29. The van der Waals surface area contributed by atoms with E-state index in [1.54, 1.807) is 6.07 Å². The summed E-state index contributed by atoms with van der Waals surface area (Å²) in [6.45, 7) is 5.23. The van der Waals surface area contributed by atoms with E-state index in [0.29, 0.717) is 12.0 Å². The summed E-state index contributed by atoms with van der Waals surface area (Å²) in [7, 11) is 0. The molecule has 1 aliphatic carbocycles. The van der Waals surface area contributed by atoms with Crippen LogP contribution in [-0.2, 0) is 6.42 Å². The van der Waals surface area contributed by atoms with E-state index in [4.69, 9.17) is 0 Å². The average molecular weight is 239 g/mol. The molecule has 1 fully saturated rings. The highest BCUT2D eigenvalue weighted by Gasteiger charge is 2.38. The van der Waals surface area contributed by atoms with E-state index < -0.39 is 11.6 Å². The summed E-state index contributed by atoms with van der Waals surface area (Å²) < 4.78 is 25.9. The van der Waals surface area contributed by atoms with Crippen molar-refractivity contribution in [2.45, 2.75) is 32.7 Å². The molecule has 17 heavy (non-hydrogen) atoms. The Morgan fingerprint density at radius 3 is 2.59 bits per heavy atom. The highest BCUT2D eigenvalue weighted by Crippen LogP contribution is 2.41. The van der Waals surface area contributed by atoms with Gasteiger partial charge >= 0.3 is 0 Å². The van der Waals surface area contributed by atoms with Gasteiger partial charge in [0.2, 0.25) is 0 Å². The molecule has 0 amide bonds. The molecule has 3 heteroatoms. The van der Waals surface area contributed by atoms with Crippen LogP contribution in [0.4, 0.5) is 8.78 Å². The highest BCUT2D eigenvalue weighted by molar-refractivity contribution is 5.19. The monoisotopic (exact) mass is 239 g/mol. The minimum Gasteiger partial charge on any atom is -0.314 e. The van der Waals surface area contributed by atoms with E-state index in [1.165, 1.54) is 18.6 Å². The normalized spacial score (nSPS) is 24.7. The molecule has 1 aromatic rings.